The zero-order valence-corrected chi connectivity index (χ0v) is 15.0. The molecule has 3 amide bonds. The Kier molecular flexibility index (Phi) is 6.18. The minimum atomic E-state index is -0.489. The molecule has 2 N–H and O–H groups in total. The van der Waals surface area contributed by atoms with Gasteiger partial charge in [-0.15, -0.1) is 0 Å². The van der Waals surface area contributed by atoms with Crippen LogP contribution in [0.5, 0.6) is 0 Å². The van der Waals surface area contributed by atoms with Gasteiger partial charge in [0.15, 0.2) is 0 Å². The Balaban J connectivity index is 1.63. The highest BCUT2D eigenvalue weighted by Crippen LogP contribution is 2.26. The van der Waals surface area contributed by atoms with Gasteiger partial charge in [-0.25, -0.2) is 9.18 Å². The van der Waals surface area contributed by atoms with Gasteiger partial charge in [-0.05, 0) is 31.0 Å². The number of amides is 3. The van der Waals surface area contributed by atoms with Crippen LogP contribution in [-0.2, 0) is 4.79 Å². The lowest BCUT2D eigenvalue weighted by atomic mass is 9.88. The number of rotatable bonds is 3. The Morgan fingerprint density at radius 1 is 1.08 bits per heavy atom. The molecule has 2 fully saturated rings. The van der Waals surface area contributed by atoms with Gasteiger partial charge >= 0.3 is 6.03 Å². The van der Waals surface area contributed by atoms with Gasteiger partial charge in [0.2, 0.25) is 5.91 Å². The number of hydrogen-bond acceptors (Lipinski definition) is 3. The van der Waals surface area contributed by atoms with Crippen molar-refractivity contribution in [2.24, 2.45) is 5.92 Å². The summed E-state index contributed by atoms with van der Waals surface area (Å²) in [4.78, 5) is 26.3. The predicted octanol–water partition coefficient (Wildman–Crippen LogP) is 3.93. The second-order valence-corrected chi connectivity index (χ2v) is 7.77. The van der Waals surface area contributed by atoms with Crippen LogP contribution in [0.1, 0.15) is 32.1 Å². The maximum Gasteiger partial charge on any atom is 0.321 e. The van der Waals surface area contributed by atoms with Crippen molar-refractivity contribution in [3.63, 3.8) is 0 Å². The van der Waals surface area contributed by atoms with E-state index >= 15 is 0 Å². The quantitative estimate of drug-likeness (QED) is 0.853. The molecule has 0 aromatic heterocycles. The Morgan fingerprint density at radius 3 is 2.52 bits per heavy atom. The Labute approximate surface area is 151 Å². The first-order valence-electron chi connectivity index (χ1n) is 8.87. The minimum absolute atomic E-state index is 0.0442. The number of urea groups is 1. The number of anilines is 2. The van der Waals surface area contributed by atoms with Crippen LogP contribution in [-0.4, -0.2) is 41.4 Å². The summed E-state index contributed by atoms with van der Waals surface area (Å²) in [6, 6.07) is 4.10. The fourth-order valence-electron chi connectivity index (χ4n) is 3.27. The molecule has 1 saturated carbocycles. The summed E-state index contributed by atoms with van der Waals surface area (Å²) in [7, 11) is 0. The van der Waals surface area contributed by atoms with Crippen molar-refractivity contribution in [1.82, 2.24) is 4.90 Å². The Hall–Kier alpha value is -1.76. The number of halogens is 1. The van der Waals surface area contributed by atoms with Gasteiger partial charge in [0.05, 0.1) is 5.69 Å². The van der Waals surface area contributed by atoms with E-state index in [1.807, 2.05) is 11.8 Å². The summed E-state index contributed by atoms with van der Waals surface area (Å²) in [5.74, 6) is 1.20. The van der Waals surface area contributed by atoms with Crippen molar-refractivity contribution < 1.29 is 14.0 Å². The molecule has 1 aromatic rings. The molecule has 7 heteroatoms. The molecule has 136 valence electrons. The molecule has 0 bridgehead atoms. The van der Waals surface area contributed by atoms with Crippen molar-refractivity contribution in [3.8, 4) is 0 Å². The average molecular weight is 365 g/mol. The van der Waals surface area contributed by atoms with Crippen molar-refractivity contribution >= 4 is 35.1 Å². The topological polar surface area (TPSA) is 61.4 Å². The third kappa shape index (κ3) is 4.87. The van der Waals surface area contributed by atoms with Crippen LogP contribution in [0.2, 0.25) is 0 Å². The molecule has 1 heterocycles. The molecule has 0 radical (unpaired) electrons. The molecular formula is C18H24FN3O2S. The van der Waals surface area contributed by atoms with Crippen molar-refractivity contribution in [2.75, 3.05) is 35.2 Å². The molecule has 2 aliphatic rings. The molecule has 0 unspecified atom stereocenters. The molecule has 25 heavy (non-hydrogen) atoms. The lowest BCUT2D eigenvalue weighted by Gasteiger charge is -2.26. The van der Waals surface area contributed by atoms with Crippen LogP contribution in [0.3, 0.4) is 0 Å². The summed E-state index contributed by atoms with van der Waals surface area (Å²) in [5.41, 5.74) is 0.617. The van der Waals surface area contributed by atoms with Gasteiger partial charge in [-0.2, -0.15) is 11.8 Å². The maximum absolute atomic E-state index is 14.0. The van der Waals surface area contributed by atoms with E-state index in [2.05, 4.69) is 10.6 Å². The molecular weight excluding hydrogens is 341 g/mol. The fraction of sp³-hybridized carbons (Fsp3) is 0.556. The molecule has 1 aliphatic carbocycles. The zero-order chi connectivity index (χ0) is 17.6. The van der Waals surface area contributed by atoms with Gasteiger partial charge in [0.1, 0.15) is 5.82 Å². The van der Waals surface area contributed by atoms with Crippen LogP contribution in [0.4, 0.5) is 20.6 Å². The lowest BCUT2D eigenvalue weighted by molar-refractivity contribution is -0.120. The average Bonchev–Trinajstić information content (AvgIpc) is 2.66. The SMILES string of the molecule is O=C(Nc1cc(NC(=O)N2CCSCC2)ccc1F)C1CCCCC1. The van der Waals surface area contributed by atoms with Crippen LogP contribution < -0.4 is 10.6 Å². The van der Waals surface area contributed by atoms with E-state index in [-0.39, 0.29) is 23.5 Å². The number of benzene rings is 1. The van der Waals surface area contributed by atoms with Gasteiger partial charge < -0.3 is 15.5 Å². The number of carbonyl (C=O) groups excluding carboxylic acids is 2. The number of nitrogens with zero attached hydrogens (tertiary/aromatic N) is 1. The van der Waals surface area contributed by atoms with E-state index in [1.165, 1.54) is 18.2 Å². The van der Waals surface area contributed by atoms with E-state index in [0.29, 0.717) is 18.8 Å². The second kappa shape index (κ2) is 8.56. The van der Waals surface area contributed by atoms with Crippen molar-refractivity contribution in [2.45, 2.75) is 32.1 Å². The molecule has 3 rings (SSSR count). The molecule has 0 spiro atoms. The monoisotopic (exact) mass is 365 g/mol. The summed E-state index contributed by atoms with van der Waals surface area (Å²) >= 11 is 1.83. The van der Waals surface area contributed by atoms with Gasteiger partial charge in [-0.3, -0.25) is 4.79 Å². The normalized spacial score (nSPS) is 18.7. The van der Waals surface area contributed by atoms with Crippen LogP contribution in [0, 0.1) is 11.7 Å². The third-order valence-corrected chi connectivity index (χ3v) is 5.69. The Morgan fingerprint density at radius 2 is 1.80 bits per heavy atom. The standard InChI is InChI=1S/C18H24FN3O2S/c19-15-7-6-14(20-18(24)22-8-10-25-11-9-22)12-16(15)21-17(23)13-4-2-1-3-5-13/h6-7,12-13H,1-5,8-11H2,(H,20,24)(H,21,23). The van der Waals surface area contributed by atoms with E-state index < -0.39 is 5.82 Å². The number of hydrogen-bond donors (Lipinski definition) is 2. The molecule has 1 aromatic carbocycles. The zero-order valence-electron chi connectivity index (χ0n) is 14.2. The van der Waals surface area contributed by atoms with E-state index in [9.17, 15) is 14.0 Å². The molecule has 0 atom stereocenters. The third-order valence-electron chi connectivity index (χ3n) is 4.75. The smallest absolute Gasteiger partial charge is 0.321 e. The summed E-state index contributed by atoms with van der Waals surface area (Å²) in [5, 5.41) is 5.48. The van der Waals surface area contributed by atoms with Crippen LogP contribution in [0.15, 0.2) is 18.2 Å². The Bertz CT molecular complexity index is 629. The number of thioether (sulfide) groups is 1. The largest absolute Gasteiger partial charge is 0.323 e. The summed E-state index contributed by atoms with van der Waals surface area (Å²) < 4.78 is 14.0. The highest BCUT2D eigenvalue weighted by atomic mass is 32.2. The second-order valence-electron chi connectivity index (χ2n) is 6.55. The summed E-state index contributed by atoms with van der Waals surface area (Å²) in [6.45, 7) is 1.42. The molecule has 5 nitrogen and oxygen atoms in total. The molecule has 1 saturated heterocycles. The molecule has 1 aliphatic heterocycles. The number of nitrogens with one attached hydrogen (secondary N) is 2. The first-order chi connectivity index (χ1) is 12.1. The van der Waals surface area contributed by atoms with E-state index in [1.54, 1.807) is 4.90 Å². The van der Waals surface area contributed by atoms with Crippen molar-refractivity contribution in [3.05, 3.63) is 24.0 Å². The highest BCUT2D eigenvalue weighted by Gasteiger charge is 2.22. The minimum Gasteiger partial charge on any atom is -0.323 e. The maximum atomic E-state index is 14.0. The summed E-state index contributed by atoms with van der Waals surface area (Å²) in [6.07, 6.45) is 4.97. The van der Waals surface area contributed by atoms with Gasteiger partial charge in [0, 0.05) is 36.2 Å². The predicted molar refractivity (Wildman–Crippen MR) is 99.5 cm³/mol. The lowest BCUT2D eigenvalue weighted by Crippen LogP contribution is -2.40. The van der Waals surface area contributed by atoms with Gasteiger partial charge in [-0.1, -0.05) is 19.3 Å². The first kappa shape index (κ1) is 18.0. The van der Waals surface area contributed by atoms with Crippen molar-refractivity contribution in [1.29, 1.82) is 0 Å². The fourth-order valence-corrected chi connectivity index (χ4v) is 4.17. The first-order valence-corrected chi connectivity index (χ1v) is 10.0. The van der Waals surface area contributed by atoms with Gasteiger partial charge in [0.25, 0.3) is 0 Å². The highest BCUT2D eigenvalue weighted by molar-refractivity contribution is 7.99. The van der Waals surface area contributed by atoms with Crippen LogP contribution >= 0.6 is 11.8 Å². The van der Waals surface area contributed by atoms with Crippen LogP contribution in [0.25, 0.3) is 0 Å². The number of carbonyl (C=O) groups is 2. The van der Waals surface area contributed by atoms with E-state index in [0.717, 1.165) is 43.6 Å². The van der Waals surface area contributed by atoms with E-state index in [4.69, 9.17) is 0 Å².